The van der Waals surface area contributed by atoms with Crippen LogP contribution in [-0.4, -0.2) is 52.6 Å². The molecule has 0 saturated carbocycles. The molecule has 0 atom stereocenters. The fraction of sp³-hybridized carbons (Fsp3) is 0.367. The first-order valence-corrected chi connectivity index (χ1v) is 13.5. The van der Waals surface area contributed by atoms with E-state index in [-0.39, 0.29) is 11.8 Å². The summed E-state index contributed by atoms with van der Waals surface area (Å²) in [4.78, 5) is 27.7. The molecular formula is C30H33ClN4O2. The zero-order valence-corrected chi connectivity index (χ0v) is 21.8. The maximum Gasteiger partial charge on any atom is 0.225 e. The van der Waals surface area contributed by atoms with E-state index in [4.69, 9.17) is 16.4 Å². The lowest BCUT2D eigenvalue weighted by molar-refractivity contribution is -0.138. The molecule has 7 heteroatoms. The Morgan fingerprint density at radius 1 is 0.865 bits per heavy atom. The van der Waals surface area contributed by atoms with Gasteiger partial charge in [-0.25, -0.2) is 0 Å². The maximum absolute atomic E-state index is 13.3. The van der Waals surface area contributed by atoms with Gasteiger partial charge in [-0.1, -0.05) is 47.1 Å². The van der Waals surface area contributed by atoms with Gasteiger partial charge in [0.1, 0.15) is 0 Å². The van der Waals surface area contributed by atoms with Gasteiger partial charge in [-0.2, -0.15) is 0 Å². The molecule has 37 heavy (non-hydrogen) atoms. The number of oxime groups is 1. The maximum atomic E-state index is 13.3. The second-order valence-corrected chi connectivity index (χ2v) is 10.3. The van der Waals surface area contributed by atoms with Crippen LogP contribution in [-0.2, 0) is 11.3 Å². The molecule has 1 amide bonds. The standard InChI is InChI=1S/C30H33ClN4O2/c31-27-8-6-24(7-9-27)29(33-37-28-4-2-1-3-5-28)25-14-20-35(21-15-25)30(36)26-12-18-34(19-13-26)22-23-10-16-32-17-11-23/h1-11,16-17,25-26H,12-15,18-22H2. The van der Waals surface area contributed by atoms with Crippen LogP contribution in [0.3, 0.4) is 0 Å². The van der Waals surface area contributed by atoms with E-state index in [9.17, 15) is 4.79 Å². The van der Waals surface area contributed by atoms with Gasteiger partial charge in [0.25, 0.3) is 0 Å². The van der Waals surface area contributed by atoms with Crippen LogP contribution in [0.5, 0.6) is 5.75 Å². The number of rotatable bonds is 7. The number of pyridine rings is 1. The lowest BCUT2D eigenvalue weighted by Crippen LogP contribution is -2.46. The van der Waals surface area contributed by atoms with Crippen LogP contribution in [0.1, 0.15) is 36.8 Å². The molecule has 2 fully saturated rings. The van der Waals surface area contributed by atoms with Crippen molar-refractivity contribution in [1.29, 1.82) is 0 Å². The Morgan fingerprint density at radius 3 is 2.19 bits per heavy atom. The van der Waals surface area contributed by atoms with Crippen molar-refractivity contribution >= 4 is 23.2 Å². The minimum absolute atomic E-state index is 0.121. The van der Waals surface area contributed by atoms with E-state index in [0.29, 0.717) is 16.7 Å². The van der Waals surface area contributed by atoms with Crippen LogP contribution < -0.4 is 4.84 Å². The minimum Gasteiger partial charge on any atom is -0.357 e. The summed E-state index contributed by atoms with van der Waals surface area (Å²) in [5.74, 6) is 1.36. The summed E-state index contributed by atoms with van der Waals surface area (Å²) in [5, 5.41) is 5.27. The van der Waals surface area contributed by atoms with Gasteiger partial charge >= 0.3 is 0 Å². The highest BCUT2D eigenvalue weighted by molar-refractivity contribution is 6.30. The Kier molecular flexibility index (Phi) is 8.49. The van der Waals surface area contributed by atoms with Crippen LogP contribution >= 0.6 is 11.6 Å². The molecule has 0 unspecified atom stereocenters. The molecule has 2 saturated heterocycles. The lowest BCUT2D eigenvalue weighted by Gasteiger charge is -2.37. The summed E-state index contributed by atoms with van der Waals surface area (Å²) in [5.41, 5.74) is 3.19. The van der Waals surface area contributed by atoms with Crippen LogP contribution in [0.25, 0.3) is 0 Å². The number of carbonyl (C=O) groups is 1. The van der Waals surface area contributed by atoms with Gasteiger partial charge in [-0.3, -0.25) is 14.7 Å². The summed E-state index contributed by atoms with van der Waals surface area (Å²) in [6.07, 6.45) is 7.26. The van der Waals surface area contributed by atoms with E-state index in [1.807, 2.05) is 67.0 Å². The molecule has 6 nitrogen and oxygen atoms in total. The first kappa shape index (κ1) is 25.4. The number of nitrogens with zero attached hydrogens (tertiary/aromatic N) is 4. The average Bonchev–Trinajstić information content (AvgIpc) is 2.96. The monoisotopic (exact) mass is 516 g/mol. The number of para-hydroxylation sites is 1. The average molecular weight is 517 g/mol. The highest BCUT2D eigenvalue weighted by Gasteiger charge is 2.32. The molecule has 2 aromatic carbocycles. The second kappa shape index (κ2) is 12.3. The normalized spacial score (nSPS) is 18.1. The predicted molar refractivity (Wildman–Crippen MR) is 147 cm³/mol. The number of amides is 1. The van der Waals surface area contributed by atoms with Crippen molar-refractivity contribution in [3.05, 3.63) is 95.3 Å². The quantitative estimate of drug-likeness (QED) is 0.300. The van der Waals surface area contributed by atoms with Crippen molar-refractivity contribution in [1.82, 2.24) is 14.8 Å². The Morgan fingerprint density at radius 2 is 1.51 bits per heavy atom. The molecule has 3 heterocycles. The molecular weight excluding hydrogens is 484 g/mol. The number of likely N-dealkylation sites (tertiary alicyclic amines) is 2. The Balaban J connectivity index is 1.17. The van der Waals surface area contributed by atoms with E-state index in [0.717, 1.165) is 69.7 Å². The summed E-state index contributed by atoms with van der Waals surface area (Å²) in [6, 6.07) is 21.5. The summed E-state index contributed by atoms with van der Waals surface area (Å²) < 4.78 is 0. The summed E-state index contributed by atoms with van der Waals surface area (Å²) >= 11 is 6.13. The third-order valence-electron chi connectivity index (χ3n) is 7.42. The van der Waals surface area contributed by atoms with Crippen LogP contribution in [0.15, 0.2) is 84.3 Å². The van der Waals surface area contributed by atoms with Crippen molar-refractivity contribution in [3.63, 3.8) is 0 Å². The lowest BCUT2D eigenvalue weighted by atomic mass is 9.87. The highest BCUT2D eigenvalue weighted by atomic mass is 35.5. The number of carbonyl (C=O) groups excluding carboxylic acids is 1. The molecule has 0 radical (unpaired) electrons. The zero-order valence-electron chi connectivity index (χ0n) is 21.0. The van der Waals surface area contributed by atoms with Gasteiger partial charge in [-0.05, 0) is 86.3 Å². The van der Waals surface area contributed by atoms with Crippen molar-refractivity contribution in [3.8, 4) is 5.75 Å². The van der Waals surface area contributed by atoms with Gasteiger partial charge in [0.05, 0.1) is 5.71 Å². The SMILES string of the molecule is O=C(C1CCN(Cc2ccncc2)CC1)N1CCC(C(=NOc2ccccc2)c2ccc(Cl)cc2)CC1. The third-order valence-corrected chi connectivity index (χ3v) is 7.67. The van der Waals surface area contributed by atoms with Crippen LogP contribution in [0, 0.1) is 11.8 Å². The molecule has 0 N–H and O–H groups in total. The molecule has 0 bridgehead atoms. The van der Waals surface area contributed by atoms with Gasteiger partial charge in [0.15, 0.2) is 5.75 Å². The van der Waals surface area contributed by atoms with Gasteiger partial charge < -0.3 is 9.74 Å². The Hall–Kier alpha value is -3.22. The number of benzene rings is 2. The predicted octanol–water partition coefficient (Wildman–Crippen LogP) is 5.67. The van der Waals surface area contributed by atoms with E-state index >= 15 is 0 Å². The van der Waals surface area contributed by atoms with E-state index in [2.05, 4.69) is 32.1 Å². The molecule has 1 aromatic heterocycles. The minimum atomic E-state index is 0.121. The largest absolute Gasteiger partial charge is 0.357 e. The number of halogens is 1. The van der Waals surface area contributed by atoms with E-state index < -0.39 is 0 Å². The van der Waals surface area contributed by atoms with Crippen LogP contribution in [0.2, 0.25) is 5.02 Å². The summed E-state index contributed by atoms with van der Waals surface area (Å²) in [6.45, 7) is 4.34. The molecule has 0 aliphatic carbocycles. The molecule has 2 aliphatic heterocycles. The third kappa shape index (κ3) is 6.76. The fourth-order valence-electron chi connectivity index (χ4n) is 5.28. The van der Waals surface area contributed by atoms with Crippen molar-refractivity contribution < 1.29 is 9.63 Å². The number of piperidine rings is 2. The van der Waals surface area contributed by atoms with Crippen molar-refractivity contribution in [2.45, 2.75) is 32.2 Å². The van der Waals surface area contributed by atoms with E-state index in [1.165, 1.54) is 5.56 Å². The highest BCUT2D eigenvalue weighted by Crippen LogP contribution is 2.27. The first-order chi connectivity index (χ1) is 18.2. The molecule has 5 rings (SSSR count). The first-order valence-electron chi connectivity index (χ1n) is 13.1. The molecule has 192 valence electrons. The second-order valence-electron chi connectivity index (χ2n) is 9.89. The summed E-state index contributed by atoms with van der Waals surface area (Å²) in [7, 11) is 0. The van der Waals surface area contributed by atoms with Gasteiger partial charge in [-0.15, -0.1) is 0 Å². The topological polar surface area (TPSA) is 58.0 Å². The van der Waals surface area contributed by atoms with E-state index in [1.54, 1.807) is 0 Å². The Bertz CT molecular complexity index is 1170. The smallest absolute Gasteiger partial charge is 0.225 e. The van der Waals surface area contributed by atoms with Crippen molar-refractivity contribution in [2.75, 3.05) is 26.2 Å². The number of hydrogen-bond acceptors (Lipinski definition) is 5. The fourth-order valence-corrected chi connectivity index (χ4v) is 5.41. The van der Waals surface area contributed by atoms with Crippen LogP contribution in [0.4, 0.5) is 0 Å². The van der Waals surface area contributed by atoms with Crippen molar-refractivity contribution in [2.24, 2.45) is 17.0 Å². The molecule has 2 aliphatic rings. The zero-order chi connectivity index (χ0) is 25.5. The number of aromatic nitrogens is 1. The van der Waals surface area contributed by atoms with Gasteiger partial charge in [0, 0.05) is 48.9 Å². The number of hydrogen-bond donors (Lipinski definition) is 0. The molecule has 0 spiro atoms. The molecule has 3 aromatic rings. The van der Waals surface area contributed by atoms with Gasteiger partial charge in [0.2, 0.25) is 5.91 Å². The Labute approximate surface area is 223 Å².